The summed E-state index contributed by atoms with van der Waals surface area (Å²) in [7, 11) is 0. The van der Waals surface area contributed by atoms with Crippen LogP contribution in [-0.4, -0.2) is 43.4 Å². The van der Waals surface area contributed by atoms with Crippen molar-refractivity contribution in [2.24, 2.45) is 5.10 Å². The summed E-state index contributed by atoms with van der Waals surface area (Å²) in [5.74, 6) is -1.00. The Morgan fingerprint density at radius 2 is 2.23 bits per heavy atom. The van der Waals surface area contributed by atoms with E-state index >= 15 is 0 Å². The minimum Gasteiger partial charge on any atom is -0.362 e. The van der Waals surface area contributed by atoms with Crippen molar-refractivity contribution in [3.8, 4) is 0 Å². The number of hydrazone groups is 1. The topological polar surface area (TPSA) is 70.7 Å². The number of carbonyl (C=O) groups excluding carboxylic acids is 1. The van der Waals surface area contributed by atoms with Crippen LogP contribution in [-0.2, 0) is 4.79 Å². The molecular formula is C12H14ClF3N4O2. The zero-order valence-electron chi connectivity index (χ0n) is 11.8. The van der Waals surface area contributed by atoms with Gasteiger partial charge in [0.15, 0.2) is 0 Å². The van der Waals surface area contributed by atoms with Crippen LogP contribution in [0.2, 0.25) is 5.02 Å². The van der Waals surface area contributed by atoms with Crippen LogP contribution in [0.5, 0.6) is 0 Å². The maximum Gasteiger partial charge on any atom is 0.438 e. The molecule has 0 bridgehead atoms. The number of hydrogen-bond acceptors (Lipinski definition) is 4. The number of nitrogens with zero attached hydrogens (tertiary/aromatic N) is 4. The molecule has 0 unspecified atom stereocenters. The van der Waals surface area contributed by atoms with Crippen molar-refractivity contribution in [3.05, 3.63) is 17.4 Å². The fourth-order valence-electron chi connectivity index (χ4n) is 2.27. The minimum absolute atomic E-state index is 0.0153. The van der Waals surface area contributed by atoms with Crippen molar-refractivity contribution >= 4 is 23.2 Å². The monoisotopic (exact) mass is 338 g/mol. The number of alkyl halides is 3. The van der Waals surface area contributed by atoms with Crippen LogP contribution in [0.4, 0.5) is 13.2 Å². The van der Waals surface area contributed by atoms with E-state index in [2.05, 4.69) is 10.2 Å². The first kappa shape index (κ1) is 16.8. The Balaban J connectivity index is 2.37. The number of aliphatic hydroxyl groups is 1. The predicted molar refractivity (Wildman–Crippen MR) is 72.1 cm³/mol. The van der Waals surface area contributed by atoms with Gasteiger partial charge in [-0.05, 0) is 13.3 Å². The molecule has 0 aromatic carbocycles. The third kappa shape index (κ3) is 2.70. The van der Waals surface area contributed by atoms with Gasteiger partial charge in [0.25, 0.3) is 11.6 Å². The number of rotatable bonds is 3. The SMILES string of the molecule is CC[C@H](C(=O)N1N=C(C)C[C@]1(O)C(F)(F)F)n1cc(Cl)cn1. The highest BCUT2D eigenvalue weighted by Gasteiger charge is 2.63. The molecule has 1 amide bonds. The molecular weight excluding hydrogens is 325 g/mol. The molecule has 0 radical (unpaired) electrons. The van der Waals surface area contributed by atoms with Crippen LogP contribution < -0.4 is 0 Å². The highest BCUT2D eigenvalue weighted by molar-refractivity contribution is 6.30. The molecule has 0 fully saturated rings. The summed E-state index contributed by atoms with van der Waals surface area (Å²) in [6.07, 6.45) is -3.04. The van der Waals surface area contributed by atoms with E-state index in [-0.39, 0.29) is 22.2 Å². The van der Waals surface area contributed by atoms with Gasteiger partial charge >= 0.3 is 6.18 Å². The quantitative estimate of drug-likeness (QED) is 0.919. The first-order valence-corrected chi connectivity index (χ1v) is 6.85. The number of aromatic nitrogens is 2. The van der Waals surface area contributed by atoms with Crippen molar-refractivity contribution in [2.75, 3.05) is 0 Å². The van der Waals surface area contributed by atoms with E-state index in [9.17, 15) is 23.1 Å². The minimum atomic E-state index is -5.02. The second-order valence-electron chi connectivity index (χ2n) is 5.04. The smallest absolute Gasteiger partial charge is 0.362 e. The van der Waals surface area contributed by atoms with Gasteiger partial charge in [0.1, 0.15) is 6.04 Å². The molecule has 2 rings (SSSR count). The standard InChI is InChI=1S/C12H14ClF3N4O2/c1-3-9(19-6-8(13)5-17-19)10(21)20-11(22,12(14,15)16)4-7(2)18-20/h5-6,9,22H,3-4H2,1-2H3/t9-,11+/m1/s1. The summed E-state index contributed by atoms with van der Waals surface area (Å²) in [5.41, 5.74) is -3.32. The van der Waals surface area contributed by atoms with Crippen LogP contribution in [0.25, 0.3) is 0 Å². The van der Waals surface area contributed by atoms with Crippen molar-refractivity contribution < 1.29 is 23.1 Å². The van der Waals surface area contributed by atoms with Crippen molar-refractivity contribution in [2.45, 2.75) is 44.6 Å². The Morgan fingerprint density at radius 3 is 2.68 bits per heavy atom. The van der Waals surface area contributed by atoms with Gasteiger partial charge in [-0.15, -0.1) is 0 Å². The van der Waals surface area contributed by atoms with Crippen LogP contribution in [0.15, 0.2) is 17.5 Å². The molecule has 1 aliphatic rings. The number of amides is 1. The second kappa shape index (κ2) is 5.54. The lowest BCUT2D eigenvalue weighted by Crippen LogP contribution is -2.57. The number of halogens is 4. The number of carbonyl (C=O) groups is 1. The van der Waals surface area contributed by atoms with Gasteiger partial charge in [0, 0.05) is 18.3 Å². The molecule has 2 atom stereocenters. The van der Waals surface area contributed by atoms with E-state index in [1.165, 1.54) is 19.3 Å². The van der Waals surface area contributed by atoms with E-state index in [0.717, 1.165) is 4.68 Å². The zero-order valence-corrected chi connectivity index (χ0v) is 12.6. The summed E-state index contributed by atoms with van der Waals surface area (Å²) in [6, 6.07) is -1.05. The Kier molecular flexibility index (Phi) is 4.22. The van der Waals surface area contributed by atoms with Crippen molar-refractivity contribution in [1.29, 1.82) is 0 Å². The average molecular weight is 339 g/mol. The third-order valence-corrected chi connectivity index (χ3v) is 3.54. The van der Waals surface area contributed by atoms with Gasteiger partial charge in [-0.25, -0.2) is 0 Å². The fourth-order valence-corrected chi connectivity index (χ4v) is 2.42. The summed E-state index contributed by atoms with van der Waals surface area (Å²) < 4.78 is 40.6. The molecule has 0 saturated heterocycles. The molecule has 2 heterocycles. The maximum absolute atomic E-state index is 13.1. The summed E-state index contributed by atoms with van der Waals surface area (Å²) in [6.45, 7) is 2.92. The van der Waals surface area contributed by atoms with Gasteiger partial charge in [-0.1, -0.05) is 18.5 Å². The molecule has 1 aliphatic heterocycles. The lowest BCUT2D eigenvalue weighted by molar-refractivity contribution is -0.303. The predicted octanol–water partition coefficient (Wildman–Crippen LogP) is 2.35. The van der Waals surface area contributed by atoms with Crippen LogP contribution in [0, 0.1) is 0 Å². The van der Waals surface area contributed by atoms with Crippen LogP contribution in [0.1, 0.15) is 32.7 Å². The first-order chi connectivity index (χ1) is 10.1. The van der Waals surface area contributed by atoms with E-state index < -0.39 is 30.3 Å². The molecule has 1 aromatic heterocycles. The van der Waals surface area contributed by atoms with Crippen LogP contribution in [0.3, 0.4) is 0 Å². The van der Waals surface area contributed by atoms with E-state index in [0.29, 0.717) is 0 Å². The van der Waals surface area contributed by atoms with Gasteiger partial charge in [-0.3, -0.25) is 9.48 Å². The molecule has 22 heavy (non-hydrogen) atoms. The van der Waals surface area contributed by atoms with Crippen molar-refractivity contribution in [3.63, 3.8) is 0 Å². The molecule has 1 N–H and O–H groups in total. The van der Waals surface area contributed by atoms with Gasteiger partial charge < -0.3 is 5.11 Å². The highest BCUT2D eigenvalue weighted by Crippen LogP contribution is 2.41. The van der Waals surface area contributed by atoms with Gasteiger partial charge in [0.2, 0.25) is 0 Å². The molecule has 10 heteroatoms. The summed E-state index contributed by atoms with van der Waals surface area (Å²) in [4.78, 5) is 12.4. The molecule has 6 nitrogen and oxygen atoms in total. The molecule has 122 valence electrons. The number of hydrogen-bond donors (Lipinski definition) is 1. The van der Waals surface area contributed by atoms with Crippen LogP contribution >= 0.6 is 11.6 Å². The normalized spacial score (nSPS) is 23.6. The molecule has 0 spiro atoms. The lowest BCUT2D eigenvalue weighted by atomic mass is 10.1. The van der Waals surface area contributed by atoms with Gasteiger partial charge in [-0.2, -0.15) is 28.4 Å². The van der Waals surface area contributed by atoms with Crippen molar-refractivity contribution in [1.82, 2.24) is 14.8 Å². The Bertz CT molecular complexity index is 616. The third-order valence-electron chi connectivity index (χ3n) is 3.35. The fraction of sp³-hybridized carbons (Fsp3) is 0.583. The van der Waals surface area contributed by atoms with E-state index in [1.807, 2.05) is 0 Å². The molecule has 0 saturated carbocycles. The van der Waals surface area contributed by atoms with Gasteiger partial charge in [0.05, 0.1) is 11.2 Å². The van der Waals surface area contributed by atoms with E-state index in [4.69, 9.17) is 11.6 Å². The van der Waals surface area contributed by atoms with E-state index in [1.54, 1.807) is 6.92 Å². The zero-order chi connectivity index (χ0) is 16.7. The Hall–Kier alpha value is -1.61. The molecule has 0 aliphatic carbocycles. The highest BCUT2D eigenvalue weighted by atomic mass is 35.5. The summed E-state index contributed by atoms with van der Waals surface area (Å²) >= 11 is 5.71. The lowest BCUT2D eigenvalue weighted by Gasteiger charge is -2.34. The average Bonchev–Trinajstić information content (AvgIpc) is 2.94. The maximum atomic E-state index is 13.1. The first-order valence-electron chi connectivity index (χ1n) is 6.47. The Morgan fingerprint density at radius 1 is 1.59 bits per heavy atom. The Labute approximate surface area is 129 Å². The second-order valence-corrected chi connectivity index (χ2v) is 5.48. The summed E-state index contributed by atoms with van der Waals surface area (Å²) in [5, 5.41) is 17.7. The molecule has 1 aromatic rings. The largest absolute Gasteiger partial charge is 0.438 e.